The lowest BCUT2D eigenvalue weighted by Crippen LogP contribution is -2.46. The van der Waals surface area contributed by atoms with Crippen molar-refractivity contribution in [1.82, 2.24) is 40.3 Å². The molecule has 4 aromatic rings. The molecule has 0 saturated carbocycles. The second-order valence-corrected chi connectivity index (χ2v) is 24.5. The standard InChI is InChI=1S/C59H87N11O13S/c1-8-9-25-69(3,4)27-17-61-54(71)14-12-43-32-46(63-50(34-43)57(73)74)39-66-19-20-67(40-47-33-44(35-51(64-47)58(75)76)13-15-55(72)62-18-28-70(5,6)26-11-30-84(79,80)81)22-24-68(23-21-66)41-48-36-45(37-52(65-48)59(77)78)56-42(2)31-49(38-53(56)82-7)83-29-10-16-60/h31-38H,8-30,39-41,60H2,1-7H3,(H4-2,61,62,71,72,73,74,75,76,77,78,79,80,81)/p+2. The highest BCUT2D eigenvalue weighted by Crippen LogP contribution is 2.38. The number of rotatable bonds is 34. The third-order valence-electron chi connectivity index (χ3n) is 14.8. The largest absolute Gasteiger partial charge is 0.496 e. The Labute approximate surface area is 494 Å². The molecule has 462 valence electrons. The summed E-state index contributed by atoms with van der Waals surface area (Å²) >= 11 is 0. The van der Waals surface area contributed by atoms with Crippen LogP contribution >= 0.6 is 0 Å². The highest BCUT2D eigenvalue weighted by atomic mass is 32.2. The molecule has 4 heterocycles. The maximum Gasteiger partial charge on any atom is 0.354 e. The van der Waals surface area contributed by atoms with E-state index in [4.69, 9.17) is 19.8 Å². The number of nitrogens with zero attached hydrogens (tertiary/aromatic N) is 8. The molecule has 0 radical (unpaired) electrons. The fourth-order valence-corrected chi connectivity index (χ4v) is 10.5. The summed E-state index contributed by atoms with van der Waals surface area (Å²) in [6.07, 6.45) is 3.86. The first-order valence-corrected chi connectivity index (χ1v) is 30.4. The number of ether oxygens (including phenoxy) is 2. The molecule has 1 fully saturated rings. The normalized spacial score (nSPS) is 14.1. The molecule has 84 heavy (non-hydrogen) atoms. The third kappa shape index (κ3) is 23.7. The first kappa shape index (κ1) is 68.1. The molecule has 3 aromatic heterocycles. The zero-order chi connectivity index (χ0) is 61.6. The Hall–Kier alpha value is -6.71. The molecule has 0 aliphatic carbocycles. The number of carbonyl (C=O) groups is 5. The van der Waals surface area contributed by atoms with Crippen molar-refractivity contribution in [2.24, 2.45) is 5.73 Å². The van der Waals surface area contributed by atoms with Crippen LogP contribution in [0, 0.1) is 6.92 Å². The number of aromatic nitrogens is 3. The number of carbonyl (C=O) groups excluding carboxylic acids is 2. The van der Waals surface area contributed by atoms with Gasteiger partial charge in [-0.25, -0.2) is 29.3 Å². The number of likely N-dealkylation sites (N-methyl/N-ethyl adjacent to an activating group) is 2. The lowest BCUT2D eigenvalue weighted by atomic mass is 9.98. The van der Waals surface area contributed by atoms with E-state index in [0.717, 1.165) is 36.0 Å². The maximum absolute atomic E-state index is 13.1. The summed E-state index contributed by atoms with van der Waals surface area (Å²) < 4.78 is 44.5. The number of methoxy groups -OCH3 is 1. The molecule has 2 amide bonds. The van der Waals surface area contributed by atoms with Gasteiger partial charge in [0.05, 0.1) is 104 Å². The average molecular weight is 1190 g/mol. The number of hydrogen-bond acceptors (Lipinski definition) is 16. The van der Waals surface area contributed by atoms with E-state index in [0.29, 0.717) is 147 Å². The number of carboxylic acids is 3. The van der Waals surface area contributed by atoms with E-state index in [1.165, 1.54) is 25.3 Å². The van der Waals surface area contributed by atoms with Crippen LogP contribution in [0.4, 0.5) is 0 Å². The summed E-state index contributed by atoms with van der Waals surface area (Å²) in [6, 6.07) is 13.6. The number of benzene rings is 1. The number of nitrogens with one attached hydrogen (secondary N) is 2. The summed E-state index contributed by atoms with van der Waals surface area (Å²) in [5.74, 6) is -3.29. The van der Waals surface area contributed by atoms with Crippen LogP contribution in [0.25, 0.3) is 11.1 Å². The van der Waals surface area contributed by atoms with Crippen molar-refractivity contribution in [2.75, 3.05) is 133 Å². The molecule has 8 N–H and O–H groups in total. The third-order valence-corrected chi connectivity index (χ3v) is 15.6. The summed E-state index contributed by atoms with van der Waals surface area (Å²) in [7, 11) is 5.54. The van der Waals surface area contributed by atoms with E-state index in [1.54, 1.807) is 12.1 Å². The zero-order valence-electron chi connectivity index (χ0n) is 50.0. The van der Waals surface area contributed by atoms with Crippen molar-refractivity contribution in [3.05, 3.63) is 99.4 Å². The van der Waals surface area contributed by atoms with Gasteiger partial charge in [0.15, 0.2) is 0 Å². The molecular weight excluding hydrogens is 1100 g/mol. The molecule has 0 atom stereocenters. The number of unbranched alkanes of at least 4 members (excludes halogenated alkanes) is 1. The smallest absolute Gasteiger partial charge is 0.354 e. The van der Waals surface area contributed by atoms with E-state index < -0.39 is 28.0 Å². The quantitative estimate of drug-likeness (QED) is 0.0199. The summed E-state index contributed by atoms with van der Waals surface area (Å²) in [4.78, 5) is 84.0. The minimum absolute atomic E-state index is 0.0651. The topological polar surface area (TPSA) is 317 Å². The van der Waals surface area contributed by atoms with E-state index in [-0.39, 0.29) is 80.0 Å². The SMILES string of the molecule is CCCC[N+](C)(C)CCNC(=O)CCc1cc(CN2CCN(Cc3cc(CCC(=O)NCC[N+](C)(C)CCCS(=O)(=O)O)cc(C(=O)O)n3)CCN(Cc3cc(-c4c(C)cc(OCCCN)cc4OC)cc(C(=O)O)n3)CC2)nc(C(=O)O)c1. The number of amides is 2. The highest BCUT2D eigenvalue weighted by Gasteiger charge is 2.24. The predicted molar refractivity (Wildman–Crippen MR) is 318 cm³/mol. The second-order valence-electron chi connectivity index (χ2n) is 22.9. The van der Waals surface area contributed by atoms with Crippen molar-refractivity contribution in [2.45, 2.75) is 84.8 Å². The van der Waals surface area contributed by atoms with Gasteiger partial charge in [-0.05, 0) is 104 Å². The van der Waals surface area contributed by atoms with Crippen LogP contribution in [0.15, 0.2) is 48.5 Å². The average Bonchev–Trinajstić information content (AvgIpc) is 3.14. The van der Waals surface area contributed by atoms with Gasteiger partial charge in [-0.1, -0.05) is 13.3 Å². The number of nitrogens with two attached hydrogens (primary N) is 1. The Morgan fingerprint density at radius 1 is 0.631 bits per heavy atom. The van der Waals surface area contributed by atoms with Crippen LogP contribution in [-0.2, 0) is 52.2 Å². The van der Waals surface area contributed by atoms with Crippen molar-refractivity contribution >= 4 is 39.8 Å². The summed E-state index contributed by atoms with van der Waals surface area (Å²) in [5, 5.41) is 36.7. The molecular formula is C59H89N11O13S+2. The first-order chi connectivity index (χ1) is 39.7. The van der Waals surface area contributed by atoms with E-state index >= 15 is 0 Å². The van der Waals surface area contributed by atoms with Crippen molar-refractivity contribution in [3.63, 3.8) is 0 Å². The van der Waals surface area contributed by atoms with Crippen LogP contribution < -0.4 is 25.8 Å². The first-order valence-electron chi connectivity index (χ1n) is 28.8. The summed E-state index contributed by atoms with van der Waals surface area (Å²) in [5.41, 5.74) is 9.99. The van der Waals surface area contributed by atoms with E-state index in [9.17, 15) is 47.7 Å². The van der Waals surface area contributed by atoms with Gasteiger partial charge in [-0.15, -0.1) is 0 Å². The molecule has 24 nitrogen and oxygen atoms in total. The van der Waals surface area contributed by atoms with Crippen LogP contribution in [0.5, 0.6) is 11.5 Å². The molecule has 1 aliphatic rings. The van der Waals surface area contributed by atoms with Gasteiger partial charge in [0, 0.05) is 89.8 Å². The molecule has 1 aliphatic heterocycles. The molecule has 5 rings (SSSR count). The Morgan fingerprint density at radius 3 is 1.49 bits per heavy atom. The van der Waals surface area contributed by atoms with Crippen LogP contribution in [0.2, 0.25) is 0 Å². The predicted octanol–water partition coefficient (Wildman–Crippen LogP) is 3.83. The highest BCUT2D eigenvalue weighted by molar-refractivity contribution is 7.85. The zero-order valence-corrected chi connectivity index (χ0v) is 50.8. The van der Waals surface area contributed by atoms with Crippen molar-refractivity contribution in [3.8, 4) is 22.6 Å². The Kier molecular flexibility index (Phi) is 26.4. The van der Waals surface area contributed by atoms with Crippen molar-refractivity contribution in [1.29, 1.82) is 0 Å². The monoisotopic (exact) mass is 1190 g/mol. The van der Waals surface area contributed by atoms with Gasteiger partial charge in [0.2, 0.25) is 11.8 Å². The Morgan fingerprint density at radius 2 is 1.07 bits per heavy atom. The van der Waals surface area contributed by atoms with Gasteiger partial charge in [-0.2, -0.15) is 8.42 Å². The molecule has 0 unspecified atom stereocenters. The van der Waals surface area contributed by atoms with Gasteiger partial charge < -0.3 is 50.1 Å². The molecule has 0 spiro atoms. The van der Waals surface area contributed by atoms with Crippen LogP contribution in [-0.4, -0.2) is 229 Å². The van der Waals surface area contributed by atoms with Crippen LogP contribution in [0.3, 0.4) is 0 Å². The number of aryl methyl sites for hydroxylation is 3. The number of pyridine rings is 3. The van der Waals surface area contributed by atoms with Gasteiger partial charge in [0.25, 0.3) is 10.1 Å². The fourth-order valence-electron chi connectivity index (χ4n) is 10.0. The second kappa shape index (κ2) is 32.5. The Bertz CT molecular complexity index is 3000. The lowest BCUT2D eigenvalue weighted by molar-refractivity contribution is -0.889. The molecule has 1 aromatic carbocycles. The molecule has 25 heteroatoms. The van der Waals surface area contributed by atoms with Crippen LogP contribution in [0.1, 0.15) is 111 Å². The number of quaternary nitrogens is 2. The van der Waals surface area contributed by atoms with Gasteiger partial charge >= 0.3 is 17.9 Å². The molecule has 0 bridgehead atoms. The van der Waals surface area contributed by atoms with Gasteiger partial charge in [-0.3, -0.25) is 28.8 Å². The van der Waals surface area contributed by atoms with E-state index in [2.05, 4.69) is 61.3 Å². The fraction of sp³-hybridized carbons (Fsp3) is 0.559. The number of carboxylic acid groups (broad SMARTS) is 3. The Balaban J connectivity index is 1.41. The minimum atomic E-state index is -4.08. The minimum Gasteiger partial charge on any atom is -0.496 e. The number of aromatic carboxylic acids is 3. The summed E-state index contributed by atoms with van der Waals surface area (Å²) in [6.45, 7) is 12.1. The maximum atomic E-state index is 13.1. The van der Waals surface area contributed by atoms with Gasteiger partial charge in [0.1, 0.15) is 28.6 Å². The lowest BCUT2D eigenvalue weighted by Gasteiger charge is -2.29. The molecule has 1 saturated heterocycles. The van der Waals surface area contributed by atoms with E-state index in [1.807, 2.05) is 39.2 Å². The van der Waals surface area contributed by atoms with Crippen molar-refractivity contribution < 1.29 is 70.7 Å². The number of hydrogen-bond donors (Lipinski definition) is 7.